The molecule has 0 spiro atoms. The van der Waals surface area contributed by atoms with Gasteiger partial charge in [-0.15, -0.1) is 11.8 Å². The zero-order chi connectivity index (χ0) is 14.5. The molecule has 0 aliphatic heterocycles. The molecule has 1 N–H and O–H groups in total. The van der Waals surface area contributed by atoms with Crippen molar-refractivity contribution in [1.29, 1.82) is 0 Å². The quantitative estimate of drug-likeness (QED) is 0.494. The Morgan fingerprint density at radius 2 is 2.30 bits per heavy atom. The number of thioether (sulfide) groups is 1. The van der Waals surface area contributed by atoms with Gasteiger partial charge in [-0.1, -0.05) is 6.07 Å². The molecule has 20 heavy (non-hydrogen) atoms. The average molecular weight is 294 g/mol. The molecule has 7 nitrogen and oxygen atoms in total. The second-order valence-corrected chi connectivity index (χ2v) is 5.36. The van der Waals surface area contributed by atoms with Crippen molar-refractivity contribution in [1.82, 2.24) is 14.8 Å². The van der Waals surface area contributed by atoms with E-state index in [2.05, 4.69) is 10.1 Å². The highest BCUT2D eigenvalue weighted by molar-refractivity contribution is 7.99. The van der Waals surface area contributed by atoms with Gasteiger partial charge < -0.3 is 5.11 Å². The molecule has 0 bridgehead atoms. The summed E-state index contributed by atoms with van der Waals surface area (Å²) in [6, 6.07) is 3.85. The van der Waals surface area contributed by atoms with E-state index in [1.165, 1.54) is 28.8 Å². The summed E-state index contributed by atoms with van der Waals surface area (Å²) in [5.74, 6) is 0.448. The first-order valence-corrected chi connectivity index (χ1v) is 6.93. The van der Waals surface area contributed by atoms with Crippen LogP contribution in [-0.2, 0) is 6.54 Å². The summed E-state index contributed by atoms with van der Waals surface area (Å²) in [6.45, 7) is 2.17. The molecule has 0 fully saturated rings. The highest BCUT2D eigenvalue weighted by Crippen LogP contribution is 2.17. The molecule has 1 unspecified atom stereocenters. The van der Waals surface area contributed by atoms with Crippen LogP contribution in [0.1, 0.15) is 5.56 Å². The van der Waals surface area contributed by atoms with E-state index in [0.29, 0.717) is 5.75 Å². The maximum Gasteiger partial charge on any atom is 0.306 e. The third kappa shape index (κ3) is 4.04. The van der Waals surface area contributed by atoms with Gasteiger partial charge in [0.2, 0.25) is 0 Å². The van der Waals surface area contributed by atoms with Crippen molar-refractivity contribution in [2.24, 2.45) is 0 Å². The molecule has 2 aromatic heterocycles. The van der Waals surface area contributed by atoms with E-state index in [1.807, 2.05) is 19.1 Å². The largest absolute Gasteiger partial charge is 0.390 e. The number of aliphatic hydroxyl groups excluding tert-OH is 1. The Kier molecular flexibility index (Phi) is 4.70. The van der Waals surface area contributed by atoms with Crippen LogP contribution in [0.3, 0.4) is 0 Å². The van der Waals surface area contributed by atoms with Crippen LogP contribution in [0.2, 0.25) is 0 Å². The second kappa shape index (κ2) is 6.49. The van der Waals surface area contributed by atoms with E-state index in [1.54, 1.807) is 6.20 Å². The Balaban J connectivity index is 1.84. The number of nitrogens with zero attached hydrogens (tertiary/aromatic N) is 4. The number of aromatic nitrogens is 3. The van der Waals surface area contributed by atoms with Gasteiger partial charge in [-0.05, 0) is 18.6 Å². The normalized spacial score (nSPS) is 12.3. The minimum absolute atomic E-state index is 0.0787. The minimum atomic E-state index is -0.650. The first-order chi connectivity index (χ1) is 9.54. The van der Waals surface area contributed by atoms with E-state index < -0.39 is 11.0 Å². The molecule has 0 aliphatic carbocycles. The fourth-order valence-corrected chi connectivity index (χ4v) is 2.30. The molecule has 0 aromatic carbocycles. The van der Waals surface area contributed by atoms with Gasteiger partial charge in [-0.3, -0.25) is 14.8 Å². The van der Waals surface area contributed by atoms with Crippen LogP contribution in [-0.4, -0.2) is 36.7 Å². The third-order valence-electron chi connectivity index (χ3n) is 2.54. The van der Waals surface area contributed by atoms with Crippen LogP contribution in [0.4, 0.5) is 5.69 Å². The van der Waals surface area contributed by atoms with E-state index in [4.69, 9.17) is 0 Å². The number of hydrogen-bond acceptors (Lipinski definition) is 6. The third-order valence-corrected chi connectivity index (χ3v) is 3.62. The summed E-state index contributed by atoms with van der Waals surface area (Å²) in [4.78, 5) is 14.2. The van der Waals surface area contributed by atoms with Gasteiger partial charge in [-0.25, -0.2) is 4.98 Å². The summed E-state index contributed by atoms with van der Waals surface area (Å²) < 4.78 is 1.37. The van der Waals surface area contributed by atoms with Crippen molar-refractivity contribution in [2.45, 2.75) is 24.6 Å². The summed E-state index contributed by atoms with van der Waals surface area (Å²) >= 11 is 1.43. The molecule has 2 aromatic rings. The average Bonchev–Trinajstić information content (AvgIpc) is 2.87. The van der Waals surface area contributed by atoms with Crippen LogP contribution in [0, 0.1) is 17.0 Å². The van der Waals surface area contributed by atoms with Gasteiger partial charge >= 0.3 is 5.69 Å². The summed E-state index contributed by atoms with van der Waals surface area (Å²) in [5.41, 5.74) is 1.00. The number of pyridine rings is 1. The zero-order valence-electron chi connectivity index (χ0n) is 10.8. The molecule has 0 aliphatic rings. The van der Waals surface area contributed by atoms with Crippen LogP contribution in [0.15, 0.2) is 35.7 Å². The molecule has 0 saturated carbocycles. The molecule has 0 radical (unpaired) electrons. The van der Waals surface area contributed by atoms with Gasteiger partial charge in [0.05, 0.1) is 22.6 Å². The number of rotatable bonds is 6. The predicted octanol–water partition coefficient (Wildman–Crippen LogP) is 1.65. The Hall–Kier alpha value is -1.93. The summed E-state index contributed by atoms with van der Waals surface area (Å²) in [5, 5.41) is 25.1. The maximum atomic E-state index is 10.5. The van der Waals surface area contributed by atoms with Crippen molar-refractivity contribution in [3.05, 3.63) is 46.4 Å². The molecule has 8 heteroatoms. The summed E-state index contributed by atoms with van der Waals surface area (Å²) in [7, 11) is 0. The number of nitro groups is 1. The summed E-state index contributed by atoms with van der Waals surface area (Å²) in [6.07, 6.45) is 3.59. The maximum absolute atomic E-state index is 10.5. The van der Waals surface area contributed by atoms with Crippen molar-refractivity contribution in [2.75, 3.05) is 5.75 Å². The monoisotopic (exact) mass is 294 g/mol. The van der Waals surface area contributed by atoms with Gasteiger partial charge in [0, 0.05) is 11.9 Å². The Morgan fingerprint density at radius 1 is 1.50 bits per heavy atom. The molecule has 2 rings (SSSR count). The number of aryl methyl sites for hydroxylation is 1. The lowest BCUT2D eigenvalue weighted by Crippen LogP contribution is -2.18. The van der Waals surface area contributed by atoms with Crippen LogP contribution in [0.5, 0.6) is 0 Å². The van der Waals surface area contributed by atoms with E-state index in [9.17, 15) is 15.2 Å². The SMILES string of the molecule is Cc1ccc(SCC(O)Cn2cc([N+](=O)[O-])cn2)nc1. The lowest BCUT2D eigenvalue weighted by atomic mass is 10.3. The van der Waals surface area contributed by atoms with Gasteiger partial charge in [-0.2, -0.15) is 5.10 Å². The van der Waals surface area contributed by atoms with Crippen molar-refractivity contribution >= 4 is 17.4 Å². The van der Waals surface area contributed by atoms with Crippen LogP contribution >= 0.6 is 11.8 Å². The zero-order valence-corrected chi connectivity index (χ0v) is 11.7. The molecule has 2 heterocycles. The minimum Gasteiger partial charge on any atom is -0.390 e. The lowest BCUT2D eigenvalue weighted by molar-refractivity contribution is -0.385. The molecule has 106 valence electrons. The number of hydrogen-bond donors (Lipinski definition) is 1. The molecular weight excluding hydrogens is 280 g/mol. The van der Waals surface area contributed by atoms with Gasteiger partial charge in [0.1, 0.15) is 12.4 Å². The van der Waals surface area contributed by atoms with E-state index >= 15 is 0 Å². The highest BCUT2D eigenvalue weighted by atomic mass is 32.2. The first-order valence-electron chi connectivity index (χ1n) is 5.95. The number of aliphatic hydroxyl groups is 1. The highest BCUT2D eigenvalue weighted by Gasteiger charge is 2.12. The standard InChI is InChI=1S/C12H14N4O3S/c1-9-2-3-12(13-4-9)20-8-11(17)7-15-6-10(5-14-15)16(18)19/h2-6,11,17H,7-8H2,1H3. The fraction of sp³-hybridized carbons (Fsp3) is 0.333. The van der Waals surface area contributed by atoms with E-state index in [-0.39, 0.29) is 12.2 Å². The van der Waals surface area contributed by atoms with Gasteiger partial charge in [0.15, 0.2) is 0 Å². The smallest absolute Gasteiger partial charge is 0.306 e. The van der Waals surface area contributed by atoms with Crippen molar-refractivity contribution in [3.8, 4) is 0 Å². The predicted molar refractivity (Wildman–Crippen MR) is 74.6 cm³/mol. The van der Waals surface area contributed by atoms with Gasteiger partial charge in [0.25, 0.3) is 0 Å². The topological polar surface area (TPSA) is 94.1 Å². The molecule has 0 amide bonds. The van der Waals surface area contributed by atoms with E-state index in [0.717, 1.165) is 10.6 Å². The lowest BCUT2D eigenvalue weighted by Gasteiger charge is -2.09. The fourth-order valence-electron chi connectivity index (χ4n) is 1.54. The Bertz CT molecular complexity index is 585. The van der Waals surface area contributed by atoms with Crippen molar-refractivity contribution in [3.63, 3.8) is 0 Å². The second-order valence-electron chi connectivity index (χ2n) is 4.32. The van der Waals surface area contributed by atoms with Crippen LogP contribution < -0.4 is 0 Å². The Morgan fingerprint density at radius 3 is 2.90 bits per heavy atom. The van der Waals surface area contributed by atoms with Crippen molar-refractivity contribution < 1.29 is 10.0 Å². The van der Waals surface area contributed by atoms with Crippen LogP contribution in [0.25, 0.3) is 0 Å². The molecule has 1 atom stereocenters. The molecule has 0 saturated heterocycles. The Labute approximate surface area is 119 Å². The molecular formula is C12H14N4O3S. The first kappa shape index (κ1) is 14.5.